The summed E-state index contributed by atoms with van der Waals surface area (Å²) in [6.45, 7) is 0. The van der Waals surface area contributed by atoms with Gasteiger partial charge in [0.25, 0.3) is 0 Å². The molecule has 1 aromatic heterocycles. The summed E-state index contributed by atoms with van der Waals surface area (Å²) in [5.74, 6) is 0.379. The average Bonchev–Trinajstić information content (AvgIpc) is 2.01. The Morgan fingerprint density at radius 2 is 1.67 bits per heavy atom. The normalized spacial score (nSPS) is 10.3. The van der Waals surface area contributed by atoms with Gasteiger partial charge in [0.05, 0.1) is 13.2 Å². The van der Waals surface area contributed by atoms with Gasteiger partial charge in [0.1, 0.15) is 7.05 Å². The average molecular weight is 229 g/mol. The molecule has 0 N–H and O–H groups in total. The monoisotopic (exact) mass is 229 g/mol. The molecule has 0 aliphatic heterocycles. The predicted molar refractivity (Wildman–Crippen MR) is 44.3 cm³/mol. The number of hydrogen-bond acceptors (Lipinski definition) is 1. The maximum Gasteiger partial charge on any atom is 0.673 e. The van der Waals surface area contributed by atoms with Crippen LogP contribution in [0.25, 0.3) is 0 Å². The second-order valence-electron chi connectivity index (χ2n) is 2.50. The van der Waals surface area contributed by atoms with Crippen LogP contribution in [0.3, 0.4) is 0 Å². The second kappa shape index (κ2) is 5.52. The first-order valence-electron chi connectivity index (χ1n) is 3.80. The molecular formula is C7H9BF5NO. The highest BCUT2D eigenvalue weighted by atomic mass is 19.5. The zero-order chi connectivity index (χ0) is 12.1. The Bertz CT molecular complexity index is 311. The van der Waals surface area contributed by atoms with Crippen molar-refractivity contribution < 1.29 is 31.0 Å². The summed E-state index contributed by atoms with van der Waals surface area (Å²) in [4.78, 5) is 0. The minimum atomic E-state index is -6.00. The number of aromatic nitrogens is 1. The van der Waals surface area contributed by atoms with Crippen LogP contribution in [0.1, 0.15) is 0 Å². The molecule has 8 heteroatoms. The van der Waals surface area contributed by atoms with E-state index in [1.54, 1.807) is 24.8 Å². The van der Waals surface area contributed by atoms with E-state index in [4.69, 9.17) is 4.74 Å². The third-order valence-electron chi connectivity index (χ3n) is 1.26. The number of nitrogens with zero attached hydrogens (tertiary/aromatic N) is 1. The van der Waals surface area contributed by atoms with Crippen molar-refractivity contribution in [3.63, 3.8) is 0 Å². The fraction of sp³-hybridized carbons (Fsp3) is 0.286. The Hall–Kier alpha value is -1.34. The third-order valence-corrected chi connectivity index (χ3v) is 1.26. The summed E-state index contributed by atoms with van der Waals surface area (Å²) in [5, 5.41) is 0. The van der Waals surface area contributed by atoms with Crippen LogP contribution in [0.15, 0.2) is 18.3 Å². The van der Waals surface area contributed by atoms with Crippen LogP contribution in [-0.2, 0) is 7.05 Å². The minimum Gasteiger partial charge on any atom is -0.448 e. The number of hydrogen-bond donors (Lipinski definition) is 0. The zero-order valence-electron chi connectivity index (χ0n) is 8.05. The molecule has 0 aromatic carbocycles. The van der Waals surface area contributed by atoms with Gasteiger partial charge < -0.3 is 22.0 Å². The van der Waals surface area contributed by atoms with E-state index in [2.05, 4.69) is 0 Å². The molecule has 0 aliphatic carbocycles. The van der Waals surface area contributed by atoms with E-state index in [9.17, 15) is 21.7 Å². The molecule has 0 saturated heterocycles. The van der Waals surface area contributed by atoms with Gasteiger partial charge in [0.15, 0.2) is 5.82 Å². The molecule has 0 aliphatic rings. The fourth-order valence-electron chi connectivity index (χ4n) is 0.772. The Balaban J connectivity index is 0.000000336. The Labute approximate surface area is 83.4 Å². The highest BCUT2D eigenvalue weighted by molar-refractivity contribution is 6.50. The maximum absolute atomic E-state index is 12.4. The van der Waals surface area contributed by atoms with Gasteiger partial charge in [-0.3, -0.25) is 0 Å². The number of pyridine rings is 1. The molecule has 0 amide bonds. The molecule has 0 spiro atoms. The molecule has 1 aromatic rings. The number of aryl methyl sites for hydroxylation is 1. The Morgan fingerprint density at radius 1 is 1.20 bits per heavy atom. The number of halogens is 5. The molecule has 15 heavy (non-hydrogen) atoms. The van der Waals surface area contributed by atoms with Crippen LogP contribution < -0.4 is 9.30 Å². The van der Waals surface area contributed by atoms with Crippen LogP contribution in [0, 0.1) is 5.82 Å². The highest BCUT2D eigenvalue weighted by Gasteiger charge is 2.20. The lowest BCUT2D eigenvalue weighted by Crippen LogP contribution is -2.30. The largest absolute Gasteiger partial charge is 0.673 e. The molecule has 0 fully saturated rings. The standard InChI is InChI=1S/C7H9FNO.BF4/c1-9-5-6(8)3-4-7(9)10-2;2-1(3,4)5/h3-5H,1-2H3;/q+1;-1. The Kier molecular flexibility index (Phi) is 5.03. The first-order valence-corrected chi connectivity index (χ1v) is 3.80. The molecule has 1 rings (SSSR count). The van der Waals surface area contributed by atoms with Crippen molar-refractivity contribution in [2.45, 2.75) is 0 Å². The van der Waals surface area contributed by atoms with Crippen molar-refractivity contribution >= 4 is 7.25 Å². The number of methoxy groups -OCH3 is 1. The van der Waals surface area contributed by atoms with Crippen LogP contribution in [0.2, 0.25) is 0 Å². The maximum atomic E-state index is 12.4. The van der Waals surface area contributed by atoms with Gasteiger partial charge >= 0.3 is 13.1 Å². The molecule has 0 radical (unpaired) electrons. The number of rotatable bonds is 1. The van der Waals surface area contributed by atoms with Crippen molar-refractivity contribution in [2.75, 3.05) is 7.11 Å². The summed E-state index contributed by atoms with van der Waals surface area (Å²) in [5.41, 5.74) is 0. The van der Waals surface area contributed by atoms with Gasteiger partial charge in [0.2, 0.25) is 6.20 Å². The van der Waals surface area contributed by atoms with Crippen molar-refractivity contribution in [2.24, 2.45) is 7.05 Å². The topological polar surface area (TPSA) is 13.1 Å². The van der Waals surface area contributed by atoms with E-state index in [0.29, 0.717) is 5.88 Å². The van der Waals surface area contributed by atoms with Crippen LogP contribution >= 0.6 is 0 Å². The van der Waals surface area contributed by atoms with Crippen molar-refractivity contribution in [1.82, 2.24) is 0 Å². The smallest absolute Gasteiger partial charge is 0.448 e. The van der Waals surface area contributed by atoms with Crippen molar-refractivity contribution in [3.8, 4) is 5.88 Å². The molecular weight excluding hydrogens is 220 g/mol. The lowest BCUT2D eigenvalue weighted by atomic mass is 10.3. The van der Waals surface area contributed by atoms with Gasteiger partial charge in [0, 0.05) is 0 Å². The van der Waals surface area contributed by atoms with Gasteiger partial charge in [-0.15, -0.1) is 0 Å². The second-order valence-corrected chi connectivity index (χ2v) is 2.50. The summed E-state index contributed by atoms with van der Waals surface area (Å²) < 4.78 is 57.9. The summed E-state index contributed by atoms with van der Waals surface area (Å²) in [7, 11) is -2.73. The molecule has 1 heterocycles. The molecule has 2 nitrogen and oxygen atoms in total. The fourth-order valence-corrected chi connectivity index (χ4v) is 0.772. The first-order chi connectivity index (χ1) is 6.74. The minimum absolute atomic E-state index is 0.261. The summed E-state index contributed by atoms with van der Waals surface area (Å²) in [6.07, 6.45) is 1.36. The molecule has 0 bridgehead atoms. The lowest BCUT2D eigenvalue weighted by molar-refractivity contribution is -0.678. The zero-order valence-corrected chi connectivity index (χ0v) is 8.05. The summed E-state index contributed by atoms with van der Waals surface area (Å²) >= 11 is 0. The van der Waals surface area contributed by atoms with Crippen LogP contribution in [0.5, 0.6) is 5.88 Å². The third kappa shape index (κ3) is 7.71. The lowest BCUT2D eigenvalue weighted by Gasteiger charge is -1.95. The van der Waals surface area contributed by atoms with E-state index >= 15 is 0 Å². The van der Waals surface area contributed by atoms with Crippen LogP contribution in [0.4, 0.5) is 21.7 Å². The predicted octanol–water partition coefficient (Wildman–Crippen LogP) is 1.96. The van der Waals surface area contributed by atoms with Gasteiger partial charge in [-0.25, -0.2) is 4.39 Å². The highest BCUT2D eigenvalue weighted by Crippen LogP contribution is 2.06. The van der Waals surface area contributed by atoms with Gasteiger partial charge in [-0.1, -0.05) is 0 Å². The number of ether oxygens (including phenoxy) is 1. The van der Waals surface area contributed by atoms with Gasteiger partial charge in [-0.2, -0.15) is 4.57 Å². The van der Waals surface area contributed by atoms with E-state index < -0.39 is 7.25 Å². The van der Waals surface area contributed by atoms with Gasteiger partial charge in [-0.05, 0) is 6.07 Å². The quantitative estimate of drug-likeness (QED) is 0.407. The Morgan fingerprint density at radius 3 is 2.00 bits per heavy atom. The van der Waals surface area contributed by atoms with E-state index in [1.165, 1.54) is 12.3 Å². The molecule has 0 saturated carbocycles. The first kappa shape index (κ1) is 13.7. The van der Waals surface area contributed by atoms with E-state index in [1.807, 2.05) is 0 Å². The SMILES string of the molecule is COc1ccc(F)c[n+]1C.F[B-](F)(F)F. The van der Waals surface area contributed by atoms with E-state index in [0.717, 1.165) is 0 Å². The molecule has 0 unspecified atom stereocenters. The van der Waals surface area contributed by atoms with Crippen molar-refractivity contribution in [1.29, 1.82) is 0 Å². The van der Waals surface area contributed by atoms with Crippen molar-refractivity contribution in [3.05, 3.63) is 24.1 Å². The molecule has 86 valence electrons. The van der Waals surface area contributed by atoms with Crippen LogP contribution in [-0.4, -0.2) is 14.4 Å². The van der Waals surface area contributed by atoms with E-state index in [-0.39, 0.29) is 5.82 Å². The molecule has 0 atom stereocenters. The summed E-state index contributed by atoms with van der Waals surface area (Å²) in [6, 6.07) is 2.94.